The average molecular weight is 364 g/mol. The van der Waals surface area contributed by atoms with E-state index in [4.69, 9.17) is 14.2 Å². The number of carbonyl (C=O) groups excluding carboxylic acids is 1. The highest BCUT2D eigenvalue weighted by atomic mass is 16.5. The fourth-order valence-electron chi connectivity index (χ4n) is 2.39. The molecule has 0 fully saturated rings. The van der Waals surface area contributed by atoms with E-state index in [0.29, 0.717) is 29.7 Å². The third-order valence-electron chi connectivity index (χ3n) is 3.69. The van der Waals surface area contributed by atoms with Crippen LogP contribution >= 0.6 is 0 Å². The van der Waals surface area contributed by atoms with E-state index >= 15 is 0 Å². The molecule has 0 radical (unpaired) electrons. The van der Waals surface area contributed by atoms with Crippen LogP contribution in [0.2, 0.25) is 0 Å². The van der Waals surface area contributed by atoms with Crippen LogP contribution in [0.25, 0.3) is 0 Å². The molecule has 0 atom stereocenters. The zero-order valence-corrected chi connectivity index (χ0v) is 14.9. The van der Waals surface area contributed by atoms with Crippen molar-refractivity contribution in [3.05, 3.63) is 78.5 Å². The maximum Gasteiger partial charge on any atom is 0.263 e. The summed E-state index contributed by atoms with van der Waals surface area (Å²) in [6, 6.07) is 20.4. The van der Waals surface area contributed by atoms with Crippen molar-refractivity contribution in [2.45, 2.75) is 6.61 Å². The quantitative estimate of drug-likeness (QED) is 0.660. The van der Waals surface area contributed by atoms with Crippen LogP contribution in [0.5, 0.6) is 17.2 Å². The van der Waals surface area contributed by atoms with Crippen molar-refractivity contribution in [2.75, 3.05) is 19.0 Å². The van der Waals surface area contributed by atoms with Gasteiger partial charge in [0.25, 0.3) is 5.91 Å². The molecule has 0 unspecified atom stereocenters. The number of hydrogen-bond donors (Lipinski definition) is 1. The van der Waals surface area contributed by atoms with Crippen LogP contribution in [0.15, 0.2) is 72.9 Å². The van der Waals surface area contributed by atoms with Gasteiger partial charge in [0, 0.05) is 6.20 Å². The number of nitrogens with zero attached hydrogens (tertiary/aromatic N) is 1. The number of benzene rings is 2. The average Bonchev–Trinajstić information content (AvgIpc) is 2.72. The Hall–Kier alpha value is -3.54. The Bertz CT molecular complexity index is 884. The van der Waals surface area contributed by atoms with Gasteiger partial charge >= 0.3 is 0 Å². The molecule has 138 valence electrons. The van der Waals surface area contributed by atoms with Gasteiger partial charge in [0.15, 0.2) is 29.7 Å². The minimum Gasteiger partial charge on any atom is -0.493 e. The van der Waals surface area contributed by atoms with Gasteiger partial charge in [-0.1, -0.05) is 42.5 Å². The maximum atomic E-state index is 12.2. The van der Waals surface area contributed by atoms with E-state index in [9.17, 15) is 4.79 Å². The zero-order valence-electron chi connectivity index (χ0n) is 14.9. The standard InChI is InChI=1S/C21H20N2O4/c1-25-17-10-5-6-11-18(17)27-15-20(24)23-21-19(12-7-13-22-21)26-14-16-8-3-2-4-9-16/h2-13H,14-15H2,1H3,(H,22,23,24). The van der Waals surface area contributed by atoms with E-state index < -0.39 is 0 Å². The molecule has 0 aliphatic heterocycles. The Morgan fingerprint density at radius 3 is 2.37 bits per heavy atom. The van der Waals surface area contributed by atoms with Crippen LogP contribution in [0.3, 0.4) is 0 Å². The molecule has 0 aliphatic carbocycles. The normalized spacial score (nSPS) is 10.1. The summed E-state index contributed by atoms with van der Waals surface area (Å²) in [6.07, 6.45) is 1.59. The van der Waals surface area contributed by atoms with Crippen LogP contribution in [-0.2, 0) is 11.4 Å². The number of carbonyl (C=O) groups is 1. The predicted octanol–water partition coefficient (Wildman–Crippen LogP) is 3.69. The lowest BCUT2D eigenvalue weighted by Gasteiger charge is -2.13. The summed E-state index contributed by atoms with van der Waals surface area (Å²) >= 11 is 0. The third-order valence-corrected chi connectivity index (χ3v) is 3.69. The van der Waals surface area contributed by atoms with Gasteiger partial charge in [-0.3, -0.25) is 4.79 Å². The van der Waals surface area contributed by atoms with Crippen molar-refractivity contribution < 1.29 is 19.0 Å². The summed E-state index contributed by atoms with van der Waals surface area (Å²) in [4.78, 5) is 16.4. The van der Waals surface area contributed by atoms with Gasteiger partial charge in [0.2, 0.25) is 0 Å². The molecular formula is C21H20N2O4. The number of nitrogens with one attached hydrogen (secondary N) is 1. The zero-order chi connectivity index (χ0) is 18.9. The van der Waals surface area contributed by atoms with E-state index in [1.54, 1.807) is 37.6 Å². The second kappa shape index (κ2) is 9.24. The van der Waals surface area contributed by atoms with Crippen molar-refractivity contribution in [3.8, 4) is 17.2 Å². The molecule has 2 aromatic carbocycles. The summed E-state index contributed by atoms with van der Waals surface area (Å²) in [6.45, 7) is 0.211. The van der Waals surface area contributed by atoms with Gasteiger partial charge in [0.05, 0.1) is 7.11 Å². The highest BCUT2D eigenvalue weighted by Gasteiger charge is 2.11. The van der Waals surface area contributed by atoms with E-state index in [1.807, 2.05) is 42.5 Å². The molecule has 1 aromatic heterocycles. The molecule has 27 heavy (non-hydrogen) atoms. The highest BCUT2D eigenvalue weighted by Crippen LogP contribution is 2.26. The first-order valence-electron chi connectivity index (χ1n) is 8.43. The van der Waals surface area contributed by atoms with Crippen LogP contribution in [-0.4, -0.2) is 24.6 Å². The van der Waals surface area contributed by atoms with E-state index in [0.717, 1.165) is 5.56 Å². The molecule has 0 aliphatic rings. The molecule has 6 heteroatoms. The first kappa shape index (κ1) is 18.3. The number of amides is 1. The van der Waals surface area contributed by atoms with Gasteiger partial charge in [-0.2, -0.15) is 0 Å². The number of methoxy groups -OCH3 is 1. The second-order valence-corrected chi connectivity index (χ2v) is 5.61. The highest BCUT2D eigenvalue weighted by molar-refractivity contribution is 5.92. The Balaban J connectivity index is 1.59. The van der Waals surface area contributed by atoms with E-state index in [2.05, 4.69) is 10.3 Å². The molecule has 3 rings (SSSR count). The van der Waals surface area contributed by atoms with Crippen LogP contribution in [0.4, 0.5) is 5.82 Å². The van der Waals surface area contributed by atoms with Gasteiger partial charge in [-0.25, -0.2) is 4.98 Å². The summed E-state index contributed by atoms with van der Waals surface area (Å²) < 4.78 is 16.5. The third kappa shape index (κ3) is 5.22. The topological polar surface area (TPSA) is 69.7 Å². The molecule has 0 spiro atoms. The van der Waals surface area contributed by atoms with Gasteiger partial charge in [-0.05, 0) is 29.8 Å². The summed E-state index contributed by atoms with van der Waals surface area (Å²) in [5, 5.41) is 2.71. The molecule has 0 saturated heterocycles. The first-order valence-corrected chi connectivity index (χ1v) is 8.43. The number of hydrogen-bond acceptors (Lipinski definition) is 5. The van der Waals surface area contributed by atoms with Crippen LogP contribution < -0.4 is 19.5 Å². The molecule has 3 aromatic rings. The van der Waals surface area contributed by atoms with Crippen molar-refractivity contribution in [2.24, 2.45) is 0 Å². The monoisotopic (exact) mass is 364 g/mol. The lowest BCUT2D eigenvalue weighted by Crippen LogP contribution is -2.21. The van der Waals surface area contributed by atoms with Crippen molar-refractivity contribution in [3.63, 3.8) is 0 Å². The fraction of sp³-hybridized carbons (Fsp3) is 0.143. The Morgan fingerprint density at radius 2 is 1.59 bits per heavy atom. The molecule has 0 bridgehead atoms. The number of para-hydroxylation sites is 2. The molecule has 0 saturated carbocycles. The molecule has 1 amide bonds. The number of pyridine rings is 1. The molecule has 1 N–H and O–H groups in total. The van der Waals surface area contributed by atoms with E-state index in [-0.39, 0.29) is 12.5 Å². The SMILES string of the molecule is COc1ccccc1OCC(=O)Nc1ncccc1OCc1ccccc1. The molecular weight excluding hydrogens is 344 g/mol. The van der Waals surface area contributed by atoms with Crippen LogP contribution in [0.1, 0.15) is 5.56 Å². The number of ether oxygens (including phenoxy) is 3. The largest absolute Gasteiger partial charge is 0.493 e. The lowest BCUT2D eigenvalue weighted by molar-refractivity contribution is -0.118. The van der Waals surface area contributed by atoms with Crippen molar-refractivity contribution in [1.29, 1.82) is 0 Å². The summed E-state index contributed by atoms with van der Waals surface area (Å²) in [7, 11) is 1.55. The minimum absolute atomic E-state index is 0.172. The van der Waals surface area contributed by atoms with Crippen molar-refractivity contribution >= 4 is 11.7 Å². The first-order chi connectivity index (χ1) is 13.3. The number of rotatable bonds is 8. The maximum absolute atomic E-state index is 12.2. The van der Waals surface area contributed by atoms with Crippen molar-refractivity contribution in [1.82, 2.24) is 4.98 Å². The van der Waals surface area contributed by atoms with E-state index in [1.165, 1.54) is 0 Å². The Labute approximate surface area is 157 Å². The number of aromatic nitrogens is 1. The molecule has 1 heterocycles. The van der Waals surface area contributed by atoms with Crippen LogP contribution in [0, 0.1) is 0 Å². The lowest BCUT2D eigenvalue weighted by atomic mass is 10.2. The molecule has 6 nitrogen and oxygen atoms in total. The Kier molecular flexibility index (Phi) is 6.25. The summed E-state index contributed by atoms with van der Waals surface area (Å²) in [5.41, 5.74) is 1.03. The number of anilines is 1. The van der Waals surface area contributed by atoms with Gasteiger partial charge in [-0.15, -0.1) is 0 Å². The fourth-order valence-corrected chi connectivity index (χ4v) is 2.39. The Morgan fingerprint density at radius 1 is 0.889 bits per heavy atom. The smallest absolute Gasteiger partial charge is 0.263 e. The van der Waals surface area contributed by atoms with Gasteiger partial charge in [0.1, 0.15) is 6.61 Å². The summed E-state index contributed by atoms with van der Waals surface area (Å²) in [5.74, 6) is 1.56. The van der Waals surface area contributed by atoms with Gasteiger partial charge < -0.3 is 19.5 Å². The second-order valence-electron chi connectivity index (χ2n) is 5.61. The predicted molar refractivity (Wildman–Crippen MR) is 102 cm³/mol. The minimum atomic E-state index is -0.343.